The fourth-order valence-electron chi connectivity index (χ4n) is 1.51. The average Bonchev–Trinajstić information content (AvgIpc) is 2.58. The zero-order valence-electron chi connectivity index (χ0n) is 7.02. The monoisotopic (exact) mass is 187 g/mol. The maximum absolute atomic E-state index is 4.18. The van der Waals surface area contributed by atoms with E-state index in [2.05, 4.69) is 10.1 Å². The van der Waals surface area contributed by atoms with E-state index < -0.39 is 0 Å². The first-order valence-corrected chi connectivity index (χ1v) is 4.22. The standard InChI is InChI=1S/C8H13N3.ClH/c1-2-6-10(7-3-1)11-8-4-5-9-11;/h4-5,8H,1-3,6-7H2;1H. The van der Waals surface area contributed by atoms with Crippen LogP contribution in [-0.4, -0.2) is 23.0 Å². The number of nitrogens with zero attached hydrogens (tertiary/aromatic N) is 3. The molecule has 0 aliphatic carbocycles. The summed E-state index contributed by atoms with van der Waals surface area (Å²) in [4.78, 5) is 1.94. The molecule has 0 saturated carbocycles. The van der Waals surface area contributed by atoms with Gasteiger partial charge in [0.25, 0.3) is 0 Å². The highest BCUT2D eigenvalue weighted by molar-refractivity contribution is 5.85. The summed E-state index contributed by atoms with van der Waals surface area (Å²) < 4.78 is 0. The molecule has 0 aromatic carbocycles. The highest BCUT2D eigenvalue weighted by atomic mass is 35.5. The van der Waals surface area contributed by atoms with Crippen molar-refractivity contribution in [2.45, 2.75) is 19.3 Å². The zero-order valence-corrected chi connectivity index (χ0v) is 7.83. The average molecular weight is 188 g/mol. The third-order valence-corrected chi connectivity index (χ3v) is 2.11. The molecule has 1 aromatic rings. The summed E-state index contributed by atoms with van der Waals surface area (Å²) in [5.74, 6) is 0. The summed E-state index contributed by atoms with van der Waals surface area (Å²) in [7, 11) is 0. The molecule has 1 saturated heterocycles. The smallest absolute Gasteiger partial charge is 0.0510 e. The van der Waals surface area contributed by atoms with Crippen molar-refractivity contribution in [1.29, 1.82) is 0 Å². The van der Waals surface area contributed by atoms with Crippen LogP contribution in [0.4, 0.5) is 0 Å². The van der Waals surface area contributed by atoms with Crippen molar-refractivity contribution in [2.75, 3.05) is 18.1 Å². The van der Waals surface area contributed by atoms with Gasteiger partial charge < -0.3 is 0 Å². The molecule has 0 radical (unpaired) electrons. The van der Waals surface area contributed by atoms with Gasteiger partial charge in [-0.05, 0) is 25.3 Å². The van der Waals surface area contributed by atoms with Crippen molar-refractivity contribution < 1.29 is 0 Å². The second-order valence-electron chi connectivity index (χ2n) is 2.94. The maximum atomic E-state index is 4.18. The Balaban J connectivity index is 0.000000720. The predicted octanol–water partition coefficient (Wildman–Crippen LogP) is 1.43. The number of rotatable bonds is 1. The molecule has 0 N–H and O–H groups in total. The minimum Gasteiger partial charge on any atom is -0.297 e. The van der Waals surface area contributed by atoms with Crippen LogP contribution in [0.15, 0.2) is 18.5 Å². The summed E-state index contributed by atoms with van der Waals surface area (Å²) in [6.07, 6.45) is 7.82. The minimum atomic E-state index is 0. The van der Waals surface area contributed by atoms with E-state index in [0.29, 0.717) is 0 Å². The first-order chi connectivity index (χ1) is 5.47. The summed E-state index contributed by atoms with van der Waals surface area (Å²) in [5.41, 5.74) is 0. The van der Waals surface area contributed by atoms with Gasteiger partial charge in [0.1, 0.15) is 0 Å². The van der Waals surface area contributed by atoms with Crippen molar-refractivity contribution in [3.63, 3.8) is 0 Å². The van der Waals surface area contributed by atoms with Crippen LogP contribution in [0, 0.1) is 0 Å². The Hall–Kier alpha value is -0.700. The predicted molar refractivity (Wildman–Crippen MR) is 51.3 cm³/mol. The molecule has 2 rings (SSSR count). The quantitative estimate of drug-likeness (QED) is 0.663. The lowest BCUT2D eigenvalue weighted by atomic mass is 10.2. The van der Waals surface area contributed by atoms with Crippen LogP contribution >= 0.6 is 12.4 Å². The van der Waals surface area contributed by atoms with E-state index in [-0.39, 0.29) is 12.4 Å². The Bertz CT molecular complexity index is 204. The Labute approximate surface area is 78.7 Å². The molecule has 2 heterocycles. The van der Waals surface area contributed by atoms with Crippen LogP contribution in [0.5, 0.6) is 0 Å². The molecule has 1 aliphatic rings. The van der Waals surface area contributed by atoms with Crippen LogP contribution < -0.4 is 5.01 Å². The molecule has 1 fully saturated rings. The highest BCUT2D eigenvalue weighted by Gasteiger charge is 2.09. The summed E-state index contributed by atoms with van der Waals surface area (Å²) in [6, 6.07) is 1.97. The molecule has 4 heteroatoms. The van der Waals surface area contributed by atoms with Gasteiger partial charge in [-0.25, -0.2) is 0 Å². The van der Waals surface area contributed by atoms with Crippen molar-refractivity contribution >= 4 is 12.4 Å². The van der Waals surface area contributed by atoms with E-state index in [1.54, 1.807) is 0 Å². The van der Waals surface area contributed by atoms with Gasteiger partial charge in [-0.1, -0.05) is 0 Å². The minimum absolute atomic E-state index is 0. The number of halogens is 1. The molecule has 0 unspecified atom stereocenters. The lowest BCUT2D eigenvalue weighted by Gasteiger charge is -2.27. The largest absolute Gasteiger partial charge is 0.297 e. The second-order valence-corrected chi connectivity index (χ2v) is 2.94. The fourth-order valence-corrected chi connectivity index (χ4v) is 1.51. The first kappa shape index (κ1) is 9.39. The van der Waals surface area contributed by atoms with Gasteiger partial charge in [-0.3, -0.25) is 5.01 Å². The van der Waals surface area contributed by atoms with Gasteiger partial charge >= 0.3 is 0 Å². The van der Waals surface area contributed by atoms with Crippen LogP contribution in [0.3, 0.4) is 0 Å². The van der Waals surface area contributed by atoms with Crippen LogP contribution in [-0.2, 0) is 0 Å². The van der Waals surface area contributed by atoms with Gasteiger partial charge in [0.05, 0.1) is 6.20 Å². The van der Waals surface area contributed by atoms with E-state index in [9.17, 15) is 0 Å². The molecule has 68 valence electrons. The maximum Gasteiger partial charge on any atom is 0.0510 e. The van der Waals surface area contributed by atoms with Crippen molar-refractivity contribution in [1.82, 2.24) is 9.89 Å². The van der Waals surface area contributed by atoms with E-state index in [1.165, 1.54) is 19.3 Å². The van der Waals surface area contributed by atoms with E-state index in [1.807, 2.05) is 23.3 Å². The number of hydrogen-bond acceptors (Lipinski definition) is 2. The molecule has 0 spiro atoms. The fraction of sp³-hybridized carbons (Fsp3) is 0.625. The normalized spacial score (nSPS) is 17.2. The molecule has 0 amide bonds. The van der Waals surface area contributed by atoms with Crippen molar-refractivity contribution in [2.24, 2.45) is 0 Å². The second kappa shape index (κ2) is 4.36. The summed E-state index contributed by atoms with van der Waals surface area (Å²) >= 11 is 0. The van der Waals surface area contributed by atoms with Gasteiger partial charge in [0, 0.05) is 19.3 Å². The molecule has 0 bridgehead atoms. The number of hydrogen-bond donors (Lipinski definition) is 0. The Morgan fingerprint density at radius 1 is 1.08 bits per heavy atom. The molecule has 1 aromatic heterocycles. The van der Waals surface area contributed by atoms with E-state index >= 15 is 0 Å². The third-order valence-electron chi connectivity index (χ3n) is 2.11. The Kier molecular flexibility index (Phi) is 3.41. The van der Waals surface area contributed by atoms with Crippen LogP contribution in [0.2, 0.25) is 0 Å². The molecule has 0 atom stereocenters. The summed E-state index contributed by atoms with van der Waals surface area (Å²) in [6.45, 7) is 2.31. The third kappa shape index (κ3) is 1.91. The van der Waals surface area contributed by atoms with E-state index in [4.69, 9.17) is 0 Å². The van der Waals surface area contributed by atoms with Gasteiger partial charge in [-0.15, -0.1) is 12.4 Å². The van der Waals surface area contributed by atoms with Crippen molar-refractivity contribution in [3.05, 3.63) is 18.5 Å². The van der Waals surface area contributed by atoms with Gasteiger partial charge in [0.15, 0.2) is 0 Å². The molecule has 1 aliphatic heterocycles. The number of aromatic nitrogens is 2. The van der Waals surface area contributed by atoms with E-state index in [0.717, 1.165) is 13.1 Å². The van der Waals surface area contributed by atoms with Gasteiger partial charge in [0.2, 0.25) is 0 Å². The van der Waals surface area contributed by atoms with Gasteiger partial charge in [-0.2, -0.15) is 9.89 Å². The van der Waals surface area contributed by atoms with Crippen LogP contribution in [0.25, 0.3) is 0 Å². The SMILES string of the molecule is Cl.c1cnn(N2CCCCC2)c1. The Morgan fingerprint density at radius 3 is 2.42 bits per heavy atom. The molecular weight excluding hydrogens is 174 g/mol. The summed E-state index contributed by atoms with van der Waals surface area (Å²) in [5, 5.41) is 6.46. The molecule has 3 nitrogen and oxygen atoms in total. The Morgan fingerprint density at radius 2 is 1.83 bits per heavy atom. The highest BCUT2D eigenvalue weighted by Crippen LogP contribution is 2.06. The topological polar surface area (TPSA) is 21.1 Å². The zero-order chi connectivity index (χ0) is 7.52. The lowest BCUT2D eigenvalue weighted by Crippen LogP contribution is -2.39. The first-order valence-electron chi connectivity index (χ1n) is 4.22. The van der Waals surface area contributed by atoms with Crippen LogP contribution in [0.1, 0.15) is 19.3 Å². The molecular formula is C8H14ClN3. The lowest BCUT2D eigenvalue weighted by molar-refractivity contribution is 0.449. The molecule has 12 heavy (non-hydrogen) atoms. The van der Waals surface area contributed by atoms with Crippen molar-refractivity contribution in [3.8, 4) is 0 Å². The number of piperidine rings is 1.